The molecule has 1 heterocycles. The molecule has 0 amide bonds. The molecule has 0 aliphatic heterocycles. The van der Waals surface area contributed by atoms with Crippen LogP contribution in [0.25, 0.3) is 11.0 Å². The number of aromatic nitrogens is 2. The fraction of sp³-hybridized carbons (Fsp3) is 0.355. The van der Waals surface area contributed by atoms with Crippen molar-refractivity contribution in [1.82, 2.24) is 9.13 Å². The largest absolute Gasteiger partial charge is 0.493 e. The summed E-state index contributed by atoms with van der Waals surface area (Å²) >= 11 is 0. The van der Waals surface area contributed by atoms with Crippen LogP contribution in [0.3, 0.4) is 0 Å². The van der Waals surface area contributed by atoms with Gasteiger partial charge in [-0.1, -0.05) is 38.8 Å². The molecule has 0 spiro atoms. The van der Waals surface area contributed by atoms with E-state index in [1.165, 1.54) is 27.3 Å². The van der Waals surface area contributed by atoms with Gasteiger partial charge in [0.15, 0.2) is 9.84 Å². The fourth-order valence-corrected chi connectivity index (χ4v) is 5.91. The normalized spacial score (nSPS) is 11.5. The highest BCUT2D eigenvalue weighted by Crippen LogP contribution is 2.36. The zero-order valence-electron chi connectivity index (χ0n) is 23.9. The first-order chi connectivity index (χ1) is 19.7. The van der Waals surface area contributed by atoms with Crippen LogP contribution < -0.4 is 19.9 Å². The Balaban J connectivity index is 1.78. The second kappa shape index (κ2) is 13.1. The van der Waals surface area contributed by atoms with Crippen LogP contribution in [-0.4, -0.2) is 37.1 Å². The maximum Gasteiger partial charge on any atom is 0.328 e. The van der Waals surface area contributed by atoms with Gasteiger partial charge in [0.25, 0.3) is 0 Å². The number of unbranched alkanes of at least 4 members (excludes halogenated alkanes) is 2. The molecule has 0 atom stereocenters. The standard InChI is InChI=1S/C31H36N2O7S/c1-5-7-8-13-39-25-16-24(38-12-6-2)17-26(18-25)40-30-19-29-28(32(3)31(35)33(29)4)15-23(30)21-41(36,37)27-11-9-10-22(14-27)20-34/h9-11,14-20H,5-8,12-13,21H2,1-4H3. The molecular formula is C31H36N2O7S. The average Bonchev–Trinajstić information content (AvgIpc) is 3.17. The number of benzene rings is 3. The molecule has 10 heteroatoms. The summed E-state index contributed by atoms with van der Waals surface area (Å²) in [4.78, 5) is 24.0. The Morgan fingerprint density at radius 3 is 2.12 bits per heavy atom. The van der Waals surface area contributed by atoms with Crippen LogP contribution in [0.5, 0.6) is 23.0 Å². The van der Waals surface area contributed by atoms with Gasteiger partial charge >= 0.3 is 5.69 Å². The van der Waals surface area contributed by atoms with Gasteiger partial charge in [0.1, 0.15) is 29.3 Å². The Hall–Kier alpha value is -4.05. The number of rotatable bonds is 14. The van der Waals surface area contributed by atoms with Crippen LogP contribution in [0.2, 0.25) is 0 Å². The highest BCUT2D eigenvalue weighted by Gasteiger charge is 2.22. The summed E-state index contributed by atoms with van der Waals surface area (Å²) in [7, 11) is -0.591. The number of ether oxygens (including phenoxy) is 3. The summed E-state index contributed by atoms with van der Waals surface area (Å²) < 4.78 is 48.1. The van der Waals surface area contributed by atoms with E-state index in [2.05, 4.69) is 6.92 Å². The Kier molecular flexibility index (Phi) is 9.54. The molecule has 0 saturated carbocycles. The van der Waals surface area contributed by atoms with Crippen molar-refractivity contribution in [1.29, 1.82) is 0 Å². The smallest absolute Gasteiger partial charge is 0.328 e. The molecule has 4 rings (SSSR count). The first-order valence-electron chi connectivity index (χ1n) is 13.7. The molecule has 9 nitrogen and oxygen atoms in total. The molecule has 0 saturated heterocycles. The van der Waals surface area contributed by atoms with E-state index >= 15 is 0 Å². The van der Waals surface area contributed by atoms with E-state index in [0.29, 0.717) is 53.3 Å². The molecular weight excluding hydrogens is 544 g/mol. The zero-order chi connectivity index (χ0) is 29.6. The molecule has 0 aliphatic carbocycles. The van der Waals surface area contributed by atoms with Gasteiger partial charge in [0.2, 0.25) is 0 Å². The SMILES string of the molecule is CCCCCOc1cc(OCCC)cc(Oc2cc3c(cc2CS(=O)(=O)c2cccc(C=O)c2)n(C)c(=O)n3C)c1. The molecule has 0 N–H and O–H groups in total. The number of fused-ring (bicyclic) bond motifs is 1. The predicted octanol–water partition coefficient (Wildman–Crippen LogP) is 5.81. The van der Waals surface area contributed by atoms with Crippen LogP contribution in [0.1, 0.15) is 55.5 Å². The minimum Gasteiger partial charge on any atom is -0.493 e. The van der Waals surface area contributed by atoms with E-state index in [9.17, 15) is 18.0 Å². The second-order valence-corrected chi connectivity index (χ2v) is 11.9. The number of sulfone groups is 1. The van der Waals surface area contributed by atoms with Crippen molar-refractivity contribution in [2.45, 2.75) is 50.2 Å². The van der Waals surface area contributed by atoms with Gasteiger partial charge in [-0.2, -0.15) is 0 Å². The third kappa shape index (κ3) is 7.00. The molecule has 0 bridgehead atoms. The summed E-state index contributed by atoms with van der Waals surface area (Å²) in [6.45, 7) is 5.20. The Labute approximate surface area is 240 Å². The molecule has 0 fully saturated rings. The number of nitrogens with zero attached hydrogens (tertiary/aromatic N) is 2. The lowest BCUT2D eigenvalue weighted by molar-refractivity contribution is 0.112. The lowest BCUT2D eigenvalue weighted by atomic mass is 10.2. The van der Waals surface area contributed by atoms with Crippen molar-refractivity contribution in [3.63, 3.8) is 0 Å². The topological polar surface area (TPSA) is 106 Å². The van der Waals surface area contributed by atoms with E-state index < -0.39 is 15.6 Å². The van der Waals surface area contributed by atoms with Crippen LogP contribution in [-0.2, 0) is 29.7 Å². The molecule has 218 valence electrons. The van der Waals surface area contributed by atoms with Gasteiger partial charge in [0, 0.05) is 49.5 Å². The molecule has 0 aliphatic rings. The lowest BCUT2D eigenvalue weighted by Gasteiger charge is -2.16. The molecule has 4 aromatic rings. The van der Waals surface area contributed by atoms with E-state index in [-0.39, 0.29) is 21.9 Å². The quantitative estimate of drug-likeness (QED) is 0.137. The molecule has 1 aromatic heterocycles. The fourth-order valence-electron chi connectivity index (χ4n) is 4.51. The summed E-state index contributed by atoms with van der Waals surface area (Å²) in [6.07, 6.45) is 4.48. The molecule has 3 aromatic carbocycles. The van der Waals surface area contributed by atoms with Gasteiger partial charge in [-0.15, -0.1) is 0 Å². The third-order valence-corrected chi connectivity index (χ3v) is 8.39. The van der Waals surface area contributed by atoms with Gasteiger partial charge in [-0.25, -0.2) is 13.2 Å². The second-order valence-electron chi connectivity index (χ2n) is 9.94. The van der Waals surface area contributed by atoms with Crippen molar-refractivity contribution < 1.29 is 27.4 Å². The summed E-state index contributed by atoms with van der Waals surface area (Å²) in [6, 6.07) is 14.5. The van der Waals surface area contributed by atoms with Gasteiger partial charge in [-0.3, -0.25) is 13.9 Å². The van der Waals surface area contributed by atoms with Crippen LogP contribution >= 0.6 is 0 Å². The predicted molar refractivity (Wildman–Crippen MR) is 158 cm³/mol. The van der Waals surface area contributed by atoms with Gasteiger partial charge in [-0.05, 0) is 31.0 Å². The third-order valence-electron chi connectivity index (χ3n) is 6.72. The highest BCUT2D eigenvalue weighted by atomic mass is 32.2. The summed E-state index contributed by atoms with van der Waals surface area (Å²) in [5.41, 5.74) is 1.53. The Morgan fingerprint density at radius 2 is 1.46 bits per heavy atom. The van der Waals surface area contributed by atoms with Gasteiger partial charge < -0.3 is 14.2 Å². The number of carbonyl (C=O) groups is 1. The van der Waals surface area contributed by atoms with Crippen molar-refractivity contribution in [3.05, 3.63) is 76.2 Å². The monoisotopic (exact) mass is 580 g/mol. The van der Waals surface area contributed by atoms with Crippen LogP contribution in [0.4, 0.5) is 0 Å². The number of aryl methyl sites for hydroxylation is 2. The maximum atomic E-state index is 13.5. The Bertz CT molecular complexity index is 1700. The van der Waals surface area contributed by atoms with Crippen LogP contribution in [0, 0.1) is 0 Å². The minimum atomic E-state index is -3.87. The zero-order valence-corrected chi connectivity index (χ0v) is 24.7. The van der Waals surface area contributed by atoms with Crippen molar-refractivity contribution in [3.8, 4) is 23.0 Å². The number of imidazole rings is 1. The number of hydrogen-bond donors (Lipinski definition) is 0. The van der Waals surface area contributed by atoms with Crippen molar-refractivity contribution >= 4 is 27.2 Å². The van der Waals surface area contributed by atoms with Crippen LogP contribution in [0.15, 0.2) is 64.3 Å². The van der Waals surface area contributed by atoms with E-state index in [1.54, 1.807) is 44.4 Å². The van der Waals surface area contributed by atoms with Gasteiger partial charge in [0.05, 0.1) is 34.9 Å². The summed E-state index contributed by atoms with van der Waals surface area (Å²) in [5, 5.41) is 0. The highest BCUT2D eigenvalue weighted by molar-refractivity contribution is 7.90. The summed E-state index contributed by atoms with van der Waals surface area (Å²) in [5.74, 6) is 1.43. The number of hydrogen-bond acceptors (Lipinski definition) is 7. The van der Waals surface area contributed by atoms with Crippen molar-refractivity contribution in [2.24, 2.45) is 14.1 Å². The molecule has 0 radical (unpaired) electrons. The number of aldehydes is 1. The maximum absolute atomic E-state index is 13.5. The average molecular weight is 581 g/mol. The number of carbonyl (C=O) groups excluding carboxylic acids is 1. The van der Waals surface area contributed by atoms with E-state index in [4.69, 9.17) is 14.2 Å². The van der Waals surface area contributed by atoms with Crippen molar-refractivity contribution in [2.75, 3.05) is 13.2 Å². The minimum absolute atomic E-state index is 0.0211. The lowest BCUT2D eigenvalue weighted by Crippen LogP contribution is -2.19. The Morgan fingerprint density at radius 1 is 0.805 bits per heavy atom. The van der Waals surface area contributed by atoms with E-state index in [1.807, 2.05) is 13.0 Å². The first-order valence-corrected chi connectivity index (χ1v) is 15.4. The first kappa shape index (κ1) is 29.9. The molecule has 41 heavy (non-hydrogen) atoms. The molecule has 0 unspecified atom stereocenters. The van der Waals surface area contributed by atoms with E-state index in [0.717, 1.165) is 25.7 Å².